The Kier molecular flexibility index (Phi) is 5.05. The van der Waals surface area contributed by atoms with E-state index in [1.165, 1.54) is 23.5 Å². The van der Waals surface area contributed by atoms with Gasteiger partial charge in [0.15, 0.2) is 0 Å². The molecule has 1 fully saturated rings. The summed E-state index contributed by atoms with van der Waals surface area (Å²) < 4.78 is 37.4. The molecule has 0 N–H and O–H groups in total. The van der Waals surface area contributed by atoms with Crippen LogP contribution in [0, 0.1) is 0 Å². The Bertz CT molecular complexity index is 625. The Hall–Kier alpha value is -0.530. The number of morpholine rings is 1. The van der Waals surface area contributed by atoms with Gasteiger partial charge in [0.25, 0.3) is 0 Å². The first-order chi connectivity index (χ1) is 9.75. The van der Waals surface area contributed by atoms with Crippen molar-refractivity contribution in [1.82, 2.24) is 4.31 Å². The first kappa shape index (κ1) is 16.8. The lowest BCUT2D eigenvalue weighted by Crippen LogP contribution is -2.48. The molecule has 0 aromatic heterocycles. The minimum Gasteiger partial charge on any atom is -0.495 e. The fourth-order valence-electron chi connectivity index (χ4n) is 2.33. The first-order valence-electron chi connectivity index (χ1n) is 6.44. The molecule has 0 aliphatic carbocycles. The van der Waals surface area contributed by atoms with Gasteiger partial charge in [-0.05, 0) is 19.9 Å². The Morgan fingerprint density at radius 3 is 2.29 bits per heavy atom. The van der Waals surface area contributed by atoms with Crippen LogP contribution in [0.4, 0.5) is 0 Å². The summed E-state index contributed by atoms with van der Waals surface area (Å²) in [7, 11) is -2.28. The van der Waals surface area contributed by atoms with E-state index in [-0.39, 0.29) is 40.2 Å². The Morgan fingerprint density at radius 1 is 1.19 bits per heavy atom. The molecule has 1 saturated heterocycles. The molecule has 1 aromatic rings. The van der Waals surface area contributed by atoms with Crippen LogP contribution in [0.5, 0.6) is 5.75 Å². The molecule has 1 aliphatic rings. The van der Waals surface area contributed by atoms with E-state index in [0.717, 1.165) is 0 Å². The SMILES string of the molecule is COc1cc(Cl)c(S(=O)(=O)N2C[C@@H](C)O[C@H](C)C2)cc1Cl. The number of hydrogen-bond donors (Lipinski definition) is 0. The van der Waals surface area contributed by atoms with Gasteiger partial charge in [-0.3, -0.25) is 0 Å². The second kappa shape index (κ2) is 6.30. The summed E-state index contributed by atoms with van der Waals surface area (Å²) in [6.45, 7) is 4.24. The van der Waals surface area contributed by atoms with Gasteiger partial charge in [0.1, 0.15) is 10.6 Å². The summed E-state index contributed by atoms with van der Waals surface area (Å²) in [5.74, 6) is 0.337. The fourth-order valence-corrected chi connectivity index (χ4v) is 4.74. The highest BCUT2D eigenvalue weighted by Crippen LogP contribution is 2.35. The molecule has 0 spiro atoms. The summed E-state index contributed by atoms with van der Waals surface area (Å²) in [4.78, 5) is -0.0173. The first-order valence-corrected chi connectivity index (χ1v) is 8.64. The fraction of sp³-hybridized carbons (Fsp3) is 0.538. The summed E-state index contributed by atoms with van der Waals surface area (Å²) in [5.41, 5.74) is 0. The van der Waals surface area contributed by atoms with Crippen LogP contribution >= 0.6 is 23.2 Å². The molecule has 5 nitrogen and oxygen atoms in total. The normalized spacial score (nSPS) is 24.0. The molecule has 0 unspecified atom stereocenters. The largest absolute Gasteiger partial charge is 0.495 e. The van der Waals surface area contributed by atoms with E-state index >= 15 is 0 Å². The van der Waals surface area contributed by atoms with Crippen LogP contribution in [0.15, 0.2) is 17.0 Å². The van der Waals surface area contributed by atoms with E-state index in [1.54, 1.807) is 0 Å². The molecule has 0 bridgehead atoms. The average molecular weight is 354 g/mol. The van der Waals surface area contributed by atoms with Crippen molar-refractivity contribution < 1.29 is 17.9 Å². The van der Waals surface area contributed by atoms with Crippen molar-refractivity contribution in [3.63, 3.8) is 0 Å². The van der Waals surface area contributed by atoms with Crippen LogP contribution in [0.1, 0.15) is 13.8 Å². The zero-order valence-corrected chi connectivity index (χ0v) is 14.3. The van der Waals surface area contributed by atoms with Crippen molar-refractivity contribution in [1.29, 1.82) is 0 Å². The van der Waals surface area contributed by atoms with E-state index in [4.69, 9.17) is 32.7 Å². The molecule has 1 aliphatic heterocycles. The lowest BCUT2D eigenvalue weighted by Gasteiger charge is -2.34. The van der Waals surface area contributed by atoms with Crippen molar-refractivity contribution in [3.05, 3.63) is 22.2 Å². The van der Waals surface area contributed by atoms with Crippen molar-refractivity contribution >= 4 is 33.2 Å². The molecule has 2 atom stereocenters. The van der Waals surface area contributed by atoms with Crippen LogP contribution in [-0.2, 0) is 14.8 Å². The molecule has 21 heavy (non-hydrogen) atoms. The maximum atomic E-state index is 12.7. The average Bonchev–Trinajstić information content (AvgIpc) is 2.39. The van der Waals surface area contributed by atoms with Crippen LogP contribution in [0.25, 0.3) is 0 Å². The smallest absolute Gasteiger partial charge is 0.244 e. The van der Waals surface area contributed by atoms with Gasteiger partial charge in [-0.25, -0.2) is 8.42 Å². The molecule has 1 aromatic carbocycles. The zero-order chi connectivity index (χ0) is 15.8. The van der Waals surface area contributed by atoms with Gasteiger partial charge < -0.3 is 9.47 Å². The maximum Gasteiger partial charge on any atom is 0.244 e. The van der Waals surface area contributed by atoms with Gasteiger partial charge in [0.2, 0.25) is 10.0 Å². The van der Waals surface area contributed by atoms with E-state index in [2.05, 4.69) is 0 Å². The number of halogens is 2. The molecular weight excluding hydrogens is 337 g/mol. The minimum absolute atomic E-state index is 0.0173. The summed E-state index contributed by atoms with van der Waals surface area (Å²) in [6.07, 6.45) is -0.341. The monoisotopic (exact) mass is 353 g/mol. The lowest BCUT2D eigenvalue weighted by atomic mass is 10.3. The topological polar surface area (TPSA) is 55.8 Å². The van der Waals surface area contributed by atoms with Crippen molar-refractivity contribution in [2.75, 3.05) is 20.2 Å². The van der Waals surface area contributed by atoms with E-state index < -0.39 is 10.0 Å². The van der Waals surface area contributed by atoms with Gasteiger partial charge in [-0.1, -0.05) is 23.2 Å². The molecule has 0 saturated carbocycles. The van der Waals surface area contributed by atoms with Gasteiger partial charge in [0.05, 0.1) is 29.4 Å². The number of benzene rings is 1. The predicted octanol–water partition coefficient (Wildman–Crippen LogP) is 2.80. The Morgan fingerprint density at radius 2 is 1.76 bits per heavy atom. The number of methoxy groups -OCH3 is 1. The quantitative estimate of drug-likeness (QED) is 0.838. The molecule has 1 heterocycles. The second-order valence-electron chi connectivity index (χ2n) is 5.00. The Labute approximate surface area is 134 Å². The highest BCUT2D eigenvalue weighted by Gasteiger charge is 2.34. The predicted molar refractivity (Wildman–Crippen MR) is 81.8 cm³/mol. The molecular formula is C13H17Cl2NO4S. The van der Waals surface area contributed by atoms with Crippen molar-refractivity contribution in [2.24, 2.45) is 0 Å². The number of ether oxygens (including phenoxy) is 2. The Balaban J connectivity index is 2.42. The lowest BCUT2D eigenvalue weighted by molar-refractivity contribution is -0.0440. The standard InChI is InChI=1S/C13H17Cl2NO4S/c1-8-6-16(7-9(2)20-8)21(17,18)13-5-10(14)12(19-3)4-11(13)15/h4-5,8-9H,6-7H2,1-3H3/t8-,9-/m1/s1. The highest BCUT2D eigenvalue weighted by molar-refractivity contribution is 7.89. The third-order valence-electron chi connectivity index (χ3n) is 3.21. The minimum atomic E-state index is -3.72. The number of hydrogen-bond acceptors (Lipinski definition) is 4. The summed E-state index contributed by atoms with van der Waals surface area (Å²) >= 11 is 12.1. The molecule has 8 heteroatoms. The third-order valence-corrected chi connectivity index (χ3v) is 5.80. The van der Waals surface area contributed by atoms with Crippen molar-refractivity contribution in [2.45, 2.75) is 31.0 Å². The van der Waals surface area contributed by atoms with Gasteiger partial charge in [-0.2, -0.15) is 4.31 Å². The summed E-state index contributed by atoms with van der Waals surface area (Å²) in [6, 6.07) is 2.73. The van der Waals surface area contributed by atoms with Crippen molar-refractivity contribution in [3.8, 4) is 5.75 Å². The summed E-state index contributed by atoms with van der Waals surface area (Å²) in [5, 5.41) is 0.290. The number of sulfonamides is 1. The zero-order valence-electron chi connectivity index (χ0n) is 12.0. The van der Waals surface area contributed by atoms with Gasteiger partial charge >= 0.3 is 0 Å². The number of nitrogens with zero attached hydrogens (tertiary/aromatic N) is 1. The maximum absolute atomic E-state index is 12.7. The van der Waals surface area contributed by atoms with Crippen LogP contribution < -0.4 is 4.74 Å². The molecule has 2 rings (SSSR count). The third kappa shape index (κ3) is 3.46. The van der Waals surface area contributed by atoms with Crippen LogP contribution in [0.3, 0.4) is 0 Å². The van der Waals surface area contributed by atoms with Crippen LogP contribution in [-0.4, -0.2) is 45.1 Å². The number of rotatable bonds is 3. The van der Waals surface area contributed by atoms with Crippen LogP contribution in [0.2, 0.25) is 10.0 Å². The van der Waals surface area contributed by atoms with E-state index in [1.807, 2.05) is 13.8 Å². The second-order valence-corrected chi connectivity index (χ2v) is 7.72. The van der Waals surface area contributed by atoms with E-state index in [9.17, 15) is 8.42 Å². The molecule has 118 valence electrons. The van der Waals surface area contributed by atoms with Gasteiger partial charge in [-0.15, -0.1) is 0 Å². The van der Waals surface area contributed by atoms with Gasteiger partial charge in [0, 0.05) is 19.2 Å². The molecule has 0 radical (unpaired) electrons. The van der Waals surface area contributed by atoms with E-state index in [0.29, 0.717) is 5.75 Å². The molecule has 0 amide bonds. The highest BCUT2D eigenvalue weighted by atomic mass is 35.5.